The van der Waals surface area contributed by atoms with Crippen LogP contribution < -0.4 is 24.3 Å². The van der Waals surface area contributed by atoms with E-state index in [4.69, 9.17) is 18.9 Å². The van der Waals surface area contributed by atoms with Crippen LogP contribution in [0.3, 0.4) is 0 Å². The van der Waals surface area contributed by atoms with E-state index in [1.807, 2.05) is 26.0 Å². The van der Waals surface area contributed by atoms with Gasteiger partial charge in [0.2, 0.25) is 0 Å². The fraction of sp³-hybridized carbons (Fsp3) is 0.429. The lowest BCUT2D eigenvalue weighted by atomic mass is 9.89. The zero-order valence-electron chi connectivity index (χ0n) is 15.9. The van der Waals surface area contributed by atoms with Gasteiger partial charge < -0.3 is 24.3 Å². The highest BCUT2D eigenvalue weighted by atomic mass is 16.5. The average molecular weight is 357 g/mol. The smallest absolute Gasteiger partial charge is 0.161 e. The molecule has 0 aliphatic carbocycles. The van der Waals surface area contributed by atoms with Gasteiger partial charge in [-0.1, -0.05) is 0 Å². The molecule has 1 heterocycles. The lowest BCUT2D eigenvalue weighted by Gasteiger charge is -2.29. The van der Waals surface area contributed by atoms with Crippen LogP contribution in [0.2, 0.25) is 0 Å². The summed E-state index contributed by atoms with van der Waals surface area (Å²) in [5.74, 6) is 3.19. The van der Waals surface area contributed by atoms with Crippen molar-refractivity contribution in [1.29, 1.82) is 0 Å². The minimum absolute atomic E-state index is 0.0366. The van der Waals surface area contributed by atoms with Crippen LogP contribution in [-0.4, -0.2) is 34.0 Å². The van der Waals surface area contributed by atoms with Crippen molar-refractivity contribution in [1.82, 2.24) is 5.32 Å². The molecule has 0 bridgehead atoms. The topological polar surface area (TPSA) is 49.0 Å². The molecule has 0 aromatic heterocycles. The summed E-state index contributed by atoms with van der Waals surface area (Å²) in [5, 5.41) is 3.61. The highest BCUT2D eigenvalue weighted by molar-refractivity contribution is 5.54. The first kappa shape index (κ1) is 18.4. The predicted octanol–water partition coefficient (Wildman–Crippen LogP) is 3.74. The molecule has 140 valence electrons. The van der Waals surface area contributed by atoms with Crippen molar-refractivity contribution in [3.8, 4) is 23.0 Å². The molecule has 0 saturated heterocycles. The second-order valence-corrected chi connectivity index (χ2v) is 6.11. The molecule has 2 aromatic rings. The maximum atomic E-state index is 5.83. The summed E-state index contributed by atoms with van der Waals surface area (Å²) in [6, 6.07) is 10.2. The maximum Gasteiger partial charge on any atom is 0.161 e. The molecule has 3 rings (SSSR count). The van der Waals surface area contributed by atoms with E-state index < -0.39 is 0 Å². The molecular formula is C21H27NO4. The van der Waals surface area contributed by atoms with E-state index in [1.54, 1.807) is 14.2 Å². The summed E-state index contributed by atoms with van der Waals surface area (Å²) in [4.78, 5) is 0. The standard InChI is InChI=1S/C21H27NO4/c1-5-25-19-11-14-9-10-22-21(17(14)13-20(19)26-6-2)16-8-7-15(23-3)12-18(16)24-4/h7-8,11-13,21-22H,5-6,9-10H2,1-4H3/t21-/m0/s1. The molecule has 0 amide bonds. The Labute approximate surface area is 155 Å². The normalized spacial score (nSPS) is 15.9. The van der Waals surface area contributed by atoms with Crippen LogP contribution in [0.1, 0.15) is 36.6 Å². The molecule has 1 atom stereocenters. The van der Waals surface area contributed by atoms with Crippen LogP contribution in [0, 0.1) is 0 Å². The zero-order valence-corrected chi connectivity index (χ0v) is 15.9. The van der Waals surface area contributed by atoms with E-state index in [9.17, 15) is 0 Å². The molecule has 0 radical (unpaired) electrons. The SMILES string of the molecule is CCOc1cc2c(cc1OCC)[C@H](c1ccc(OC)cc1OC)NCC2. The van der Waals surface area contributed by atoms with Gasteiger partial charge in [-0.15, -0.1) is 0 Å². The first-order valence-corrected chi connectivity index (χ1v) is 9.09. The zero-order chi connectivity index (χ0) is 18.5. The van der Waals surface area contributed by atoms with Crippen LogP contribution in [0.15, 0.2) is 30.3 Å². The van der Waals surface area contributed by atoms with Gasteiger partial charge in [0.15, 0.2) is 11.5 Å². The number of rotatable bonds is 7. The summed E-state index contributed by atoms with van der Waals surface area (Å²) < 4.78 is 22.6. The van der Waals surface area contributed by atoms with E-state index in [0.29, 0.717) is 13.2 Å². The van der Waals surface area contributed by atoms with Crippen LogP contribution in [-0.2, 0) is 6.42 Å². The van der Waals surface area contributed by atoms with Crippen molar-refractivity contribution in [3.05, 3.63) is 47.0 Å². The Morgan fingerprint density at radius 1 is 0.885 bits per heavy atom. The second kappa shape index (κ2) is 8.32. The van der Waals surface area contributed by atoms with Crippen LogP contribution in [0.4, 0.5) is 0 Å². The minimum atomic E-state index is 0.0366. The number of benzene rings is 2. The summed E-state index contributed by atoms with van der Waals surface area (Å²) in [7, 11) is 3.35. The van der Waals surface area contributed by atoms with Gasteiger partial charge in [-0.25, -0.2) is 0 Å². The number of hydrogen-bond acceptors (Lipinski definition) is 5. The molecule has 2 aromatic carbocycles. The lowest BCUT2D eigenvalue weighted by Crippen LogP contribution is -2.31. The van der Waals surface area contributed by atoms with E-state index in [1.165, 1.54) is 11.1 Å². The number of fused-ring (bicyclic) bond motifs is 1. The molecular weight excluding hydrogens is 330 g/mol. The van der Waals surface area contributed by atoms with Gasteiger partial charge in [0, 0.05) is 18.2 Å². The van der Waals surface area contributed by atoms with Crippen molar-refractivity contribution in [3.63, 3.8) is 0 Å². The monoisotopic (exact) mass is 357 g/mol. The van der Waals surface area contributed by atoms with E-state index in [2.05, 4.69) is 23.5 Å². The number of hydrogen-bond donors (Lipinski definition) is 1. The van der Waals surface area contributed by atoms with Crippen molar-refractivity contribution in [2.45, 2.75) is 26.3 Å². The molecule has 1 N–H and O–H groups in total. The molecule has 1 aliphatic heterocycles. The Kier molecular flexibility index (Phi) is 5.89. The van der Waals surface area contributed by atoms with Gasteiger partial charge in [0.1, 0.15) is 11.5 Å². The third-order valence-electron chi connectivity index (χ3n) is 4.61. The van der Waals surface area contributed by atoms with Gasteiger partial charge in [0.05, 0.1) is 33.5 Å². The maximum absolute atomic E-state index is 5.83. The quantitative estimate of drug-likeness (QED) is 0.818. The molecule has 5 nitrogen and oxygen atoms in total. The Morgan fingerprint density at radius 3 is 2.27 bits per heavy atom. The molecule has 0 fully saturated rings. The Morgan fingerprint density at radius 2 is 1.62 bits per heavy atom. The largest absolute Gasteiger partial charge is 0.497 e. The van der Waals surface area contributed by atoms with Gasteiger partial charge in [-0.05, 0) is 55.7 Å². The first-order chi connectivity index (χ1) is 12.7. The number of methoxy groups -OCH3 is 2. The summed E-state index contributed by atoms with van der Waals surface area (Å²) in [6.07, 6.45) is 0.955. The molecule has 26 heavy (non-hydrogen) atoms. The minimum Gasteiger partial charge on any atom is -0.497 e. The Balaban J connectivity index is 2.07. The lowest BCUT2D eigenvalue weighted by molar-refractivity contribution is 0.286. The van der Waals surface area contributed by atoms with E-state index >= 15 is 0 Å². The van der Waals surface area contributed by atoms with Crippen molar-refractivity contribution in [2.24, 2.45) is 0 Å². The highest BCUT2D eigenvalue weighted by Gasteiger charge is 2.26. The fourth-order valence-corrected chi connectivity index (χ4v) is 3.44. The van der Waals surface area contributed by atoms with Crippen molar-refractivity contribution in [2.75, 3.05) is 34.0 Å². The second-order valence-electron chi connectivity index (χ2n) is 6.11. The summed E-state index contributed by atoms with van der Waals surface area (Å²) in [5.41, 5.74) is 3.56. The van der Waals surface area contributed by atoms with Gasteiger partial charge in [-0.2, -0.15) is 0 Å². The third kappa shape index (κ3) is 3.58. The molecule has 0 unspecified atom stereocenters. The van der Waals surface area contributed by atoms with E-state index in [0.717, 1.165) is 41.5 Å². The number of nitrogens with one attached hydrogen (secondary N) is 1. The number of ether oxygens (including phenoxy) is 4. The van der Waals surface area contributed by atoms with Crippen LogP contribution in [0.5, 0.6) is 23.0 Å². The average Bonchev–Trinajstić information content (AvgIpc) is 2.68. The molecule has 5 heteroatoms. The molecule has 0 saturated carbocycles. The summed E-state index contributed by atoms with van der Waals surface area (Å²) in [6.45, 7) is 6.08. The Bertz CT molecular complexity index is 760. The third-order valence-corrected chi connectivity index (χ3v) is 4.61. The Hall–Kier alpha value is -2.40. The molecule has 0 spiro atoms. The highest BCUT2D eigenvalue weighted by Crippen LogP contribution is 2.40. The van der Waals surface area contributed by atoms with Crippen LogP contribution in [0.25, 0.3) is 0 Å². The van der Waals surface area contributed by atoms with Crippen molar-refractivity contribution >= 4 is 0 Å². The fourth-order valence-electron chi connectivity index (χ4n) is 3.44. The molecule has 1 aliphatic rings. The van der Waals surface area contributed by atoms with Crippen LogP contribution >= 0.6 is 0 Å². The first-order valence-electron chi connectivity index (χ1n) is 9.09. The predicted molar refractivity (Wildman–Crippen MR) is 102 cm³/mol. The van der Waals surface area contributed by atoms with E-state index in [-0.39, 0.29) is 6.04 Å². The van der Waals surface area contributed by atoms with Crippen molar-refractivity contribution < 1.29 is 18.9 Å². The van der Waals surface area contributed by atoms with Gasteiger partial charge in [-0.3, -0.25) is 0 Å². The summed E-state index contributed by atoms with van der Waals surface area (Å²) >= 11 is 0. The van der Waals surface area contributed by atoms with Gasteiger partial charge in [0.25, 0.3) is 0 Å². The van der Waals surface area contributed by atoms with Gasteiger partial charge >= 0.3 is 0 Å².